The Morgan fingerprint density at radius 2 is 1.72 bits per heavy atom. The molecule has 5 nitrogen and oxygen atoms in total. The molecule has 2 aromatic carbocycles. The lowest BCUT2D eigenvalue weighted by Crippen LogP contribution is -2.33. The second-order valence-corrected chi connectivity index (χ2v) is 8.77. The van der Waals surface area contributed by atoms with E-state index in [-0.39, 0.29) is 10.8 Å². The van der Waals surface area contributed by atoms with Crippen LogP contribution in [0.15, 0.2) is 41.3 Å². The molecule has 0 bridgehead atoms. The smallest absolute Gasteiger partial charge is 0.261 e. The number of rotatable bonds is 3. The Labute approximate surface area is 148 Å². The van der Waals surface area contributed by atoms with Gasteiger partial charge in [0.15, 0.2) is 0 Å². The molecule has 0 aromatic heterocycles. The van der Waals surface area contributed by atoms with E-state index in [9.17, 15) is 13.2 Å². The largest absolute Gasteiger partial charge is 0.314 e. The predicted molar refractivity (Wildman–Crippen MR) is 99.6 cm³/mol. The molecule has 1 heterocycles. The van der Waals surface area contributed by atoms with E-state index >= 15 is 0 Å². The Kier molecular flexibility index (Phi) is 3.91. The number of nitrogens with one attached hydrogen (secondary N) is 1. The summed E-state index contributed by atoms with van der Waals surface area (Å²) in [5.41, 5.74) is 3.22. The molecular formula is C19H22N2O3S. The lowest BCUT2D eigenvalue weighted by atomic mass is 9.86. The highest BCUT2D eigenvalue weighted by Crippen LogP contribution is 2.41. The van der Waals surface area contributed by atoms with Gasteiger partial charge in [-0.3, -0.25) is 9.52 Å². The maximum Gasteiger partial charge on any atom is 0.261 e. The highest BCUT2D eigenvalue weighted by Gasteiger charge is 2.42. The Balaban J connectivity index is 2.03. The summed E-state index contributed by atoms with van der Waals surface area (Å²) < 4.78 is 28.3. The summed E-state index contributed by atoms with van der Waals surface area (Å²) in [5.74, 6) is -0.0422. The maximum atomic E-state index is 12.8. The normalized spacial score (nSPS) is 16.0. The molecule has 0 unspecified atom stereocenters. The summed E-state index contributed by atoms with van der Waals surface area (Å²) >= 11 is 0. The number of hydrogen-bond acceptors (Lipinski definition) is 3. The van der Waals surface area contributed by atoms with E-state index in [0.717, 1.165) is 22.4 Å². The number of sulfonamides is 1. The van der Waals surface area contributed by atoms with Gasteiger partial charge in [-0.05, 0) is 63.1 Å². The number of carbonyl (C=O) groups excluding carboxylic acids is 1. The van der Waals surface area contributed by atoms with Crippen LogP contribution in [0.4, 0.5) is 11.4 Å². The van der Waals surface area contributed by atoms with Crippen molar-refractivity contribution in [1.29, 1.82) is 0 Å². The molecule has 0 saturated heterocycles. The zero-order chi connectivity index (χ0) is 18.6. The predicted octanol–water partition coefficient (Wildman–Crippen LogP) is 3.36. The molecule has 1 amide bonds. The lowest BCUT2D eigenvalue weighted by molar-refractivity contribution is -0.121. The maximum absolute atomic E-state index is 12.8. The molecule has 0 fully saturated rings. The monoisotopic (exact) mass is 358 g/mol. The molecule has 2 aromatic rings. The zero-order valence-corrected chi connectivity index (χ0v) is 15.9. The van der Waals surface area contributed by atoms with Gasteiger partial charge >= 0.3 is 0 Å². The first-order chi connectivity index (χ1) is 11.5. The van der Waals surface area contributed by atoms with Gasteiger partial charge in [0.25, 0.3) is 10.0 Å². The third-order valence-electron chi connectivity index (χ3n) is 4.78. The van der Waals surface area contributed by atoms with Gasteiger partial charge < -0.3 is 4.90 Å². The molecule has 0 saturated carbocycles. The molecule has 25 heavy (non-hydrogen) atoms. The van der Waals surface area contributed by atoms with E-state index < -0.39 is 15.4 Å². The summed E-state index contributed by atoms with van der Waals surface area (Å²) in [7, 11) is -2.03. The number of hydrogen-bond donors (Lipinski definition) is 1. The van der Waals surface area contributed by atoms with E-state index in [0.29, 0.717) is 5.69 Å². The summed E-state index contributed by atoms with van der Waals surface area (Å²) in [6, 6.07) is 10.4. The molecule has 0 radical (unpaired) electrons. The first-order valence-electron chi connectivity index (χ1n) is 8.07. The second-order valence-electron chi connectivity index (χ2n) is 7.09. The Morgan fingerprint density at radius 1 is 1.04 bits per heavy atom. The van der Waals surface area contributed by atoms with Crippen molar-refractivity contribution in [3.8, 4) is 0 Å². The van der Waals surface area contributed by atoms with Gasteiger partial charge in [-0.1, -0.05) is 17.7 Å². The van der Waals surface area contributed by atoms with Crippen LogP contribution in [0.5, 0.6) is 0 Å². The number of amides is 1. The molecular weight excluding hydrogens is 336 g/mol. The fourth-order valence-electron chi connectivity index (χ4n) is 3.25. The zero-order valence-electron chi connectivity index (χ0n) is 15.0. The minimum atomic E-state index is -3.74. The van der Waals surface area contributed by atoms with Crippen LogP contribution in [0.1, 0.15) is 30.5 Å². The van der Waals surface area contributed by atoms with Gasteiger partial charge in [0, 0.05) is 12.7 Å². The van der Waals surface area contributed by atoms with Gasteiger partial charge in [0.2, 0.25) is 5.91 Å². The van der Waals surface area contributed by atoms with Crippen LogP contribution in [0.2, 0.25) is 0 Å². The minimum absolute atomic E-state index is 0.0422. The molecule has 132 valence electrons. The van der Waals surface area contributed by atoms with E-state index in [1.54, 1.807) is 30.1 Å². The molecule has 0 atom stereocenters. The van der Waals surface area contributed by atoms with E-state index in [1.807, 2.05) is 39.8 Å². The fourth-order valence-corrected chi connectivity index (χ4v) is 4.41. The second kappa shape index (κ2) is 5.59. The number of anilines is 2. The average molecular weight is 358 g/mol. The number of aryl methyl sites for hydroxylation is 2. The van der Waals surface area contributed by atoms with Crippen molar-refractivity contribution in [3.05, 3.63) is 53.1 Å². The van der Waals surface area contributed by atoms with Gasteiger partial charge in [0.1, 0.15) is 0 Å². The van der Waals surface area contributed by atoms with Crippen LogP contribution in [-0.4, -0.2) is 21.4 Å². The van der Waals surface area contributed by atoms with Crippen molar-refractivity contribution in [2.45, 2.75) is 38.0 Å². The SMILES string of the molecule is Cc1ccc(NS(=O)(=O)c2ccc3c(c2)C(C)(C)C(=O)N3C)c(C)c1. The van der Waals surface area contributed by atoms with Crippen LogP contribution in [0.25, 0.3) is 0 Å². The van der Waals surface area contributed by atoms with Crippen molar-refractivity contribution in [3.63, 3.8) is 0 Å². The third kappa shape index (κ3) is 2.80. The topological polar surface area (TPSA) is 66.5 Å². The van der Waals surface area contributed by atoms with Crippen LogP contribution in [0, 0.1) is 13.8 Å². The van der Waals surface area contributed by atoms with Crippen LogP contribution in [0.3, 0.4) is 0 Å². The quantitative estimate of drug-likeness (QED) is 0.915. The van der Waals surface area contributed by atoms with Crippen molar-refractivity contribution in [2.75, 3.05) is 16.7 Å². The molecule has 1 N–H and O–H groups in total. The van der Waals surface area contributed by atoms with Gasteiger partial charge in [-0.25, -0.2) is 8.42 Å². The van der Waals surface area contributed by atoms with Crippen molar-refractivity contribution >= 4 is 27.3 Å². The number of benzene rings is 2. The first-order valence-corrected chi connectivity index (χ1v) is 9.55. The lowest BCUT2D eigenvalue weighted by Gasteiger charge is -2.17. The van der Waals surface area contributed by atoms with Crippen LogP contribution >= 0.6 is 0 Å². The summed E-state index contributed by atoms with van der Waals surface area (Å²) in [5, 5.41) is 0. The minimum Gasteiger partial charge on any atom is -0.314 e. The third-order valence-corrected chi connectivity index (χ3v) is 6.14. The highest BCUT2D eigenvalue weighted by molar-refractivity contribution is 7.92. The van der Waals surface area contributed by atoms with E-state index in [4.69, 9.17) is 0 Å². The molecule has 6 heteroatoms. The van der Waals surface area contributed by atoms with Gasteiger partial charge in [0.05, 0.1) is 16.0 Å². The van der Waals surface area contributed by atoms with Crippen LogP contribution in [-0.2, 0) is 20.2 Å². The van der Waals surface area contributed by atoms with Crippen molar-refractivity contribution in [1.82, 2.24) is 0 Å². The fraction of sp³-hybridized carbons (Fsp3) is 0.316. The number of nitrogens with zero attached hydrogens (tertiary/aromatic N) is 1. The Hall–Kier alpha value is -2.34. The first kappa shape index (κ1) is 17.5. The molecule has 3 rings (SSSR count). The highest BCUT2D eigenvalue weighted by atomic mass is 32.2. The van der Waals surface area contributed by atoms with Gasteiger partial charge in [-0.2, -0.15) is 0 Å². The molecule has 0 aliphatic carbocycles. The Bertz CT molecular complexity index is 978. The number of fused-ring (bicyclic) bond motifs is 1. The summed E-state index contributed by atoms with van der Waals surface area (Å²) in [6.45, 7) is 7.45. The average Bonchev–Trinajstić information content (AvgIpc) is 2.71. The Morgan fingerprint density at radius 3 is 2.36 bits per heavy atom. The molecule has 1 aliphatic heterocycles. The molecule has 1 aliphatic rings. The summed E-state index contributed by atoms with van der Waals surface area (Å²) in [4.78, 5) is 14.1. The number of likely N-dealkylation sites (N-methyl/N-ethyl adjacent to an activating group) is 1. The van der Waals surface area contributed by atoms with E-state index in [1.165, 1.54) is 6.07 Å². The van der Waals surface area contributed by atoms with E-state index in [2.05, 4.69) is 4.72 Å². The van der Waals surface area contributed by atoms with Crippen molar-refractivity contribution in [2.24, 2.45) is 0 Å². The van der Waals surface area contributed by atoms with Gasteiger partial charge in [-0.15, -0.1) is 0 Å². The standard InChI is InChI=1S/C19H22N2O3S/c1-12-6-8-16(13(2)10-12)20-25(23,24)14-7-9-17-15(11-14)19(3,4)18(22)21(17)5/h6-11,20H,1-5H3. The summed E-state index contributed by atoms with van der Waals surface area (Å²) in [6.07, 6.45) is 0. The van der Waals surface area contributed by atoms with Crippen molar-refractivity contribution < 1.29 is 13.2 Å². The number of carbonyl (C=O) groups is 1. The van der Waals surface area contributed by atoms with Crippen LogP contribution < -0.4 is 9.62 Å². The molecule has 0 spiro atoms.